The van der Waals surface area contributed by atoms with Gasteiger partial charge in [-0.1, -0.05) is 48.9 Å². The van der Waals surface area contributed by atoms with Crippen LogP contribution in [0.5, 0.6) is 0 Å². The first-order chi connectivity index (χ1) is 9.89. The van der Waals surface area contributed by atoms with Gasteiger partial charge in [0.15, 0.2) is 0 Å². The molecule has 0 bridgehead atoms. The molecule has 2 aromatic carbocycles. The van der Waals surface area contributed by atoms with E-state index in [1.165, 1.54) is 18.2 Å². The highest BCUT2D eigenvalue weighted by Gasteiger charge is 2.23. The maximum Gasteiger partial charge on any atom is 0.458 e. The summed E-state index contributed by atoms with van der Waals surface area (Å²) < 4.78 is 49.7. The first-order valence-electron chi connectivity index (χ1n) is 6.01. The second kappa shape index (κ2) is 5.84. The summed E-state index contributed by atoms with van der Waals surface area (Å²) in [5.41, 5.74) is 1.97. The van der Waals surface area contributed by atoms with Gasteiger partial charge < -0.3 is 0 Å². The van der Waals surface area contributed by atoms with Gasteiger partial charge in [-0.15, -0.1) is 0 Å². The Morgan fingerprint density at radius 2 is 1.57 bits per heavy atom. The maximum atomic E-state index is 13.8. The molecule has 0 fully saturated rings. The number of alkyl halides is 3. The van der Waals surface area contributed by atoms with Crippen LogP contribution in [-0.4, -0.2) is 6.18 Å². The lowest BCUT2D eigenvalue weighted by Gasteiger charge is -2.04. The maximum absolute atomic E-state index is 13.8. The van der Waals surface area contributed by atoms with Crippen LogP contribution in [0.4, 0.5) is 17.6 Å². The van der Waals surface area contributed by atoms with Crippen molar-refractivity contribution in [3.05, 3.63) is 66.0 Å². The number of halogens is 4. The van der Waals surface area contributed by atoms with Crippen LogP contribution in [0.3, 0.4) is 0 Å². The van der Waals surface area contributed by atoms with Gasteiger partial charge in [0.25, 0.3) is 0 Å². The van der Waals surface area contributed by atoms with Crippen molar-refractivity contribution in [3.8, 4) is 23.0 Å². The Bertz CT molecular complexity index is 713. The third kappa shape index (κ3) is 3.96. The third-order valence-corrected chi connectivity index (χ3v) is 2.79. The van der Waals surface area contributed by atoms with E-state index in [0.29, 0.717) is 5.56 Å². The zero-order chi connectivity index (χ0) is 15.5. The van der Waals surface area contributed by atoms with Crippen molar-refractivity contribution < 1.29 is 17.6 Å². The molecule has 0 aromatic heterocycles. The zero-order valence-corrected chi connectivity index (χ0v) is 10.8. The van der Waals surface area contributed by atoms with E-state index >= 15 is 0 Å². The summed E-state index contributed by atoms with van der Waals surface area (Å²) in [4.78, 5) is 0. The van der Waals surface area contributed by atoms with Gasteiger partial charge in [0.05, 0.1) is 5.56 Å². The van der Waals surface area contributed by atoms with Crippen LogP contribution in [0.15, 0.2) is 49.0 Å². The first kappa shape index (κ1) is 14.9. The van der Waals surface area contributed by atoms with Crippen LogP contribution in [0.1, 0.15) is 11.1 Å². The Kier molecular flexibility index (Phi) is 4.13. The van der Waals surface area contributed by atoms with E-state index in [0.717, 1.165) is 17.0 Å². The molecule has 0 amide bonds. The standard InChI is InChI=1S/C17H10F4/c1-2-12-3-5-13(6-4-12)15-8-7-14(16(18)11-15)9-10-17(19,20)21/h2-8,11H,1H2. The van der Waals surface area contributed by atoms with Gasteiger partial charge in [-0.25, -0.2) is 4.39 Å². The van der Waals surface area contributed by atoms with Crippen molar-refractivity contribution in [3.63, 3.8) is 0 Å². The number of hydrogen-bond acceptors (Lipinski definition) is 0. The van der Waals surface area contributed by atoms with E-state index in [1.54, 1.807) is 24.1 Å². The Morgan fingerprint density at radius 1 is 0.952 bits per heavy atom. The molecule has 0 aliphatic carbocycles. The molecule has 2 aromatic rings. The smallest absolute Gasteiger partial charge is 0.206 e. The van der Waals surface area contributed by atoms with E-state index in [1.807, 2.05) is 12.1 Å². The van der Waals surface area contributed by atoms with Crippen molar-refractivity contribution in [2.75, 3.05) is 0 Å². The van der Waals surface area contributed by atoms with Crippen LogP contribution in [0.25, 0.3) is 17.2 Å². The van der Waals surface area contributed by atoms with E-state index in [2.05, 4.69) is 6.58 Å². The van der Waals surface area contributed by atoms with Gasteiger partial charge in [0.2, 0.25) is 0 Å². The molecule has 0 unspecified atom stereocenters. The van der Waals surface area contributed by atoms with Crippen LogP contribution in [0.2, 0.25) is 0 Å². The molecule has 0 radical (unpaired) electrons. The minimum Gasteiger partial charge on any atom is -0.206 e. The first-order valence-corrected chi connectivity index (χ1v) is 6.01. The lowest BCUT2D eigenvalue weighted by molar-refractivity contribution is -0.0696. The SMILES string of the molecule is C=Cc1ccc(-c2ccc(C#CC(F)(F)F)c(F)c2)cc1. The summed E-state index contributed by atoms with van der Waals surface area (Å²) in [6, 6.07) is 11.1. The number of benzene rings is 2. The molecule has 0 saturated heterocycles. The van der Waals surface area contributed by atoms with Gasteiger partial charge in [-0.2, -0.15) is 13.2 Å². The van der Waals surface area contributed by atoms with E-state index < -0.39 is 12.0 Å². The summed E-state index contributed by atoms with van der Waals surface area (Å²) in [5.74, 6) is 2.06. The summed E-state index contributed by atoms with van der Waals surface area (Å²) in [6.45, 7) is 3.63. The molecule has 4 heteroatoms. The Labute approximate surface area is 119 Å². The van der Waals surface area contributed by atoms with Gasteiger partial charge >= 0.3 is 6.18 Å². The third-order valence-electron chi connectivity index (χ3n) is 2.79. The molecule has 0 atom stereocenters. The molecule has 0 aliphatic heterocycles. The van der Waals surface area contributed by atoms with Crippen molar-refractivity contribution >= 4 is 6.08 Å². The van der Waals surface area contributed by atoms with E-state index in [4.69, 9.17) is 0 Å². The molecule has 0 aliphatic rings. The molecule has 0 spiro atoms. The lowest BCUT2D eigenvalue weighted by Crippen LogP contribution is -2.01. The molecule has 106 valence electrons. The number of rotatable bonds is 2. The Morgan fingerprint density at radius 3 is 2.10 bits per heavy atom. The average molecular weight is 290 g/mol. The molecular formula is C17H10F4. The second-order valence-corrected chi connectivity index (χ2v) is 4.27. The van der Waals surface area contributed by atoms with E-state index in [9.17, 15) is 17.6 Å². The van der Waals surface area contributed by atoms with Gasteiger partial charge in [-0.05, 0) is 28.8 Å². The monoisotopic (exact) mass is 290 g/mol. The summed E-state index contributed by atoms with van der Waals surface area (Å²) >= 11 is 0. The predicted molar refractivity (Wildman–Crippen MR) is 74.9 cm³/mol. The molecule has 21 heavy (non-hydrogen) atoms. The van der Waals surface area contributed by atoms with Crippen LogP contribution in [-0.2, 0) is 0 Å². The fourth-order valence-electron chi connectivity index (χ4n) is 1.75. The van der Waals surface area contributed by atoms with Crippen molar-refractivity contribution in [2.24, 2.45) is 0 Å². The second-order valence-electron chi connectivity index (χ2n) is 4.27. The highest BCUT2D eigenvalue weighted by molar-refractivity contribution is 5.66. The molecule has 0 N–H and O–H groups in total. The molecular weight excluding hydrogens is 280 g/mol. The predicted octanol–water partition coefficient (Wildman–Crippen LogP) is 5.05. The summed E-state index contributed by atoms with van der Waals surface area (Å²) in [7, 11) is 0. The minimum atomic E-state index is -4.63. The number of hydrogen-bond donors (Lipinski definition) is 0. The van der Waals surface area contributed by atoms with Gasteiger partial charge in [-0.3, -0.25) is 0 Å². The summed E-state index contributed by atoms with van der Waals surface area (Å²) in [5, 5.41) is 0. The van der Waals surface area contributed by atoms with Gasteiger partial charge in [0.1, 0.15) is 5.82 Å². The highest BCUT2D eigenvalue weighted by atomic mass is 19.4. The van der Waals surface area contributed by atoms with Crippen LogP contribution >= 0.6 is 0 Å². The van der Waals surface area contributed by atoms with Crippen LogP contribution in [0, 0.1) is 17.7 Å². The normalized spacial score (nSPS) is 10.7. The fraction of sp³-hybridized carbons (Fsp3) is 0.0588. The van der Waals surface area contributed by atoms with Crippen molar-refractivity contribution in [1.29, 1.82) is 0 Å². The highest BCUT2D eigenvalue weighted by Crippen LogP contribution is 2.23. The molecule has 2 rings (SSSR count). The lowest BCUT2D eigenvalue weighted by atomic mass is 10.0. The quantitative estimate of drug-likeness (QED) is 0.536. The summed E-state index contributed by atoms with van der Waals surface area (Å²) in [6.07, 6.45) is -2.95. The Balaban J connectivity index is 2.33. The Hall–Kier alpha value is -2.54. The average Bonchev–Trinajstić information content (AvgIpc) is 2.45. The van der Waals surface area contributed by atoms with Crippen molar-refractivity contribution in [2.45, 2.75) is 6.18 Å². The molecule has 0 saturated carbocycles. The topological polar surface area (TPSA) is 0 Å². The van der Waals surface area contributed by atoms with Crippen LogP contribution < -0.4 is 0 Å². The van der Waals surface area contributed by atoms with Crippen molar-refractivity contribution in [1.82, 2.24) is 0 Å². The minimum absolute atomic E-state index is 0.279. The largest absolute Gasteiger partial charge is 0.458 e. The zero-order valence-electron chi connectivity index (χ0n) is 10.8. The molecule has 0 heterocycles. The fourth-order valence-corrected chi connectivity index (χ4v) is 1.75. The van der Waals surface area contributed by atoms with Gasteiger partial charge in [0, 0.05) is 5.92 Å². The van der Waals surface area contributed by atoms with E-state index in [-0.39, 0.29) is 5.56 Å². The molecule has 0 nitrogen and oxygen atoms in total.